The van der Waals surface area contributed by atoms with E-state index in [-0.39, 0.29) is 11.6 Å². The van der Waals surface area contributed by atoms with Crippen molar-refractivity contribution in [3.05, 3.63) is 35.9 Å². The summed E-state index contributed by atoms with van der Waals surface area (Å²) in [4.78, 5) is 13.9. The highest BCUT2D eigenvalue weighted by molar-refractivity contribution is 5.77. The van der Waals surface area contributed by atoms with E-state index in [1.54, 1.807) is 0 Å². The first kappa shape index (κ1) is 13.4. The van der Waals surface area contributed by atoms with Gasteiger partial charge in [0.1, 0.15) is 0 Å². The van der Waals surface area contributed by atoms with Gasteiger partial charge in [0.25, 0.3) is 0 Å². The Kier molecular flexibility index (Phi) is 3.92. The summed E-state index contributed by atoms with van der Waals surface area (Å²) < 4.78 is 0. The lowest BCUT2D eigenvalue weighted by molar-refractivity contribution is 0.196. The molecule has 2 N–H and O–H groups in total. The van der Waals surface area contributed by atoms with Crippen LogP contribution in [0.5, 0.6) is 0 Å². The highest BCUT2D eigenvalue weighted by Gasteiger charge is 2.37. The van der Waals surface area contributed by atoms with Gasteiger partial charge in [0, 0.05) is 13.1 Å². The predicted octanol–water partition coefficient (Wildman–Crippen LogP) is 2.11. The van der Waals surface area contributed by atoms with Crippen molar-refractivity contribution in [2.24, 2.45) is 0 Å². The average Bonchev–Trinajstić information content (AvgIpc) is 2.80. The molecule has 0 saturated carbocycles. The summed E-state index contributed by atoms with van der Waals surface area (Å²) in [6, 6.07) is 10.7. The molecule has 0 aromatic heterocycles. The summed E-state index contributed by atoms with van der Waals surface area (Å²) >= 11 is 0. The first-order valence-electron chi connectivity index (χ1n) is 7.58. The van der Waals surface area contributed by atoms with Crippen molar-refractivity contribution >= 4 is 6.03 Å². The predicted molar refractivity (Wildman–Crippen MR) is 79.5 cm³/mol. The van der Waals surface area contributed by atoms with Gasteiger partial charge in [-0.1, -0.05) is 30.3 Å². The SMILES string of the molecule is O=C1NCC2(CCCN(Cc3ccccc3)CCC2)N1. The second-order valence-corrected chi connectivity index (χ2v) is 6.06. The van der Waals surface area contributed by atoms with E-state index in [1.807, 2.05) is 0 Å². The Labute approximate surface area is 120 Å². The van der Waals surface area contributed by atoms with E-state index in [0.29, 0.717) is 0 Å². The van der Waals surface area contributed by atoms with E-state index in [9.17, 15) is 4.79 Å². The Bertz CT molecular complexity index is 450. The maximum atomic E-state index is 11.4. The molecule has 0 aliphatic carbocycles. The molecule has 1 spiro atoms. The van der Waals surface area contributed by atoms with Crippen molar-refractivity contribution in [3.63, 3.8) is 0 Å². The molecule has 2 fully saturated rings. The van der Waals surface area contributed by atoms with Crippen molar-refractivity contribution in [2.45, 2.75) is 37.8 Å². The lowest BCUT2D eigenvalue weighted by atomic mass is 9.87. The summed E-state index contributed by atoms with van der Waals surface area (Å²) in [6.45, 7) is 4.07. The van der Waals surface area contributed by atoms with Gasteiger partial charge < -0.3 is 10.6 Å². The molecule has 2 amide bonds. The lowest BCUT2D eigenvalue weighted by Gasteiger charge is -2.33. The van der Waals surface area contributed by atoms with Crippen LogP contribution in [0.4, 0.5) is 4.79 Å². The number of hydrogen-bond donors (Lipinski definition) is 2. The molecule has 20 heavy (non-hydrogen) atoms. The van der Waals surface area contributed by atoms with E-state index in [4.69, 9.17) is 0 Å². The zero-order valence-corrected chi connectivity index (χ0v) is 11.9. The monoisotopic (exact) mass is 273 g/mol. The summed E-state index contributed by atoms with van der Waals surface area (Å²) in [5.41, 5.74) is 1.41. The van der Waals surface area contributed by atoms with E-state index >= 15 is 0 Å². The van der Waals surface area contributed by atoms with Crippen molar-refractivity contribution in [1.29, 1.82) is 0 Å². The van der Waals surface area contributed by atoms with Gasteiger partial charge in [-0.2, -0.15) is 0 Å². The molecule has 0 radical (unpaired) electrons. The third-order valence-corrected chi connectivity index (χ3v) is 4.47. The van der Waals surface area contributed by atoms with E-state index < -0.39 is 0 Å². The smallest absolute Gasteiger partial charge is 0.315 e. The van der Waals surface area contributed by atoms with Crippen molar-refractivity contribution in [3.8, 4) is 0 Å². The molecule has 2 heterocycles. The average molecular weight is 273 g/mol. The van der Waals surface area contributed by atoms with Crippen LogP contribution >= 0.6 is 0 Å². The van der Waals surface area contributed by atoms with Gasteiger partial charge in [-0.3, -0.25) is 4.90 Å². The first-order chi connectivity index (χ1) is 9.76. The summed E-state index contributed by atoms with van der Waals surface area (Å²) in [6.07, 6.45) is 4.46. The van der Waals surface area contributed by atoms with Gasteiger partial charge in [0.05, 0.1) is 5.54 Å². The Hall–Kier alpha value is -1.55. The number of nitrogens with zero attached hydrogens (tertiary/aromatic N) is 1. The van der Waals surface area contributed by atoms with Crippen LogP contribution in [0.2, 0.25) is 0 Å². The number of likely N-dealkylation sites (tertiary alicyclic amines) is 1. The Morgan fingerprint density at radius 2 is 1.80 bits per heavy atom. The minimum atomic E-state index is 0.00622. The molecule has 1 aromatic carbocycles. The number of nitrogens with one attached hydrogen (secondary N) is 2. The number of amides is 2. The normalized spacial score (nSPS) is 22.9. The molecular formula is C16H23N3O. The van der Waals surface area contributed by atoms with Crippen LogP contribution in [0.1, 0.15) is 31.2 Å². The minimum Gasteiger partial charge on any atom is -0.336 e. The fourth-order valence-corrected chi connectivity index (χ4v) is 3.40. The van der Waals surface area contributed by atoms with Crippen LogP contribution in [0.3, 0.4) is 0 Å². The molecule has 2 aliphatic rings. The Morgan fingerprint density at radius 3 is 2.40 bits per heavy atom. The van der Waals surface area contributed by atoms with Gasteiger partial charge in [-0.05, 0) is 44.3 Å². The van der Waals surface area contributed by atoms with E-state index in [2.05, 4.69) is 45.9 Å². The largest absolute Gasteiger partial charge is 0.336 e. The second kappa shape index (κ2) is 5.83. The second-order valence-electron chi connectivity index (χ2n) is 6.06. The topological polar surface area (TPSA) is 44.4 Å². The lowest BCUT2D eigenvalue weighted by Crippen LogP contribution is -2.46. The zero-order valence-electron chi connectivity index (χ0n) is 11.9. The fourth-order valence-electron chi connectivity index (χ4n) is 3.40. The van der Waals surface area contributed by atoms with E-state index in [1.165, 1.54) is 5.56 Å². The maximum absolute atomic E-state index is 11.4. The number of benzene rings is 1. The molecule has 2 saturated heterocycles. The van der Waals surface area contributed by atoms with Gasteiger partial charge >= 0.3 is 6.03 Å². The molecule has 2 aliphatic heterocycles. The van der Waals surface area contributed by atoms with Gasteiger partial charge in [-0.15, -0.1) is 0 Å². The Balaban J connectivity index is 1.55. The van der Waals surface area contributed by atoms with Crippen molar-refractivity contribution in [2.75, 3.05) is 19.6 Å². The van der Waals surface area contributed by atoms with Crippen molar-refractivity contribution < 1.29 is 4.79 Å². The molecule has 108 valence electrons. The van der Waals surface area contributed by atoms with Gasteiger partial charge in [0.2, 0.25) is 0 Å². The molecule has 4 heteroatoms. The van der Waals surface area contributed by atoms with Crippen molar-refractivity contribution in [1.82, 2.24) is 15.5 Å². The summed E-state index contributed by atoms with van der Waals surface area (Å²) in [7, 11) is 0. The quantitative estimate of drug-likeness (QED) is 0.867. The van der Waals surface area contributed by atoms with Gasteiger partial charge in [-0.25, -0.2) is 4.79 Å². The summed E-state index contributed by atoms with van der Waals surface area (Å²) in [5, 5.41) is 6.05. The van der Waals surface area contributed by atoms with Crippen LogP contribution in [-0.2, 0) is 6.54 Å². The maximum Gasteiger partial charge on any atom is 0.315 e. The van der Waals surface area contributed by atoms with E-state index in [0.717, 1.165) is 51.9 Å². The molecule has 0 bridgehead atoms. The van der Waals surface area contributed by atoms with Gasteiger partial charge in [0.15, 0.2) is 0 Å². The third-order valence-electron chi connectivity index (χ3n) is 4.47. The number of carbonyl (C=O) groups excluding carboxylic acids is 1. The van der Waals surface area contributed by atoms with Crippen LogP contribution in [0, 0.1) is 0 Å². The zero-order chi connectivity index (χ0) is 13.8. The molecule has 4 nitrogen and oxygen atoms in total. The number of urea groups is 1. The number of rotatable bonds is 2. The number of carbonyl (C=O) groups is 1. The van der Waals surface area contributed by atoms with Crippen LogP contribution in [-0.4, -0.2) is 36.1 Å². The minimum absolute atomic E-state index is 0.00622. The summed E-state index contributed by atoms with van der Waals surface area (Å²) in [5.74, 6) is 0. The fraction of sp³-hybridized carbons (Fsp3) is 0.562. The number of hydrogen-bond acceptors (Lipinski definition) is 2. The van der Waals surface area contributed by atoms with Crippen LogP contribution in [0.25, 0.3) is 0 Å². The highest BCUT2D eigenvalue weighted by atomic mass is 16.2. The first-order valence-corrected chi connectivity index (χ1v) is 7.58. The Morgan fingerprint density at radius 1 is 1.10 bits per heavy atom. The molecular weight excluding hydrogens is 250 g/mol. The third kappa shape index (κ3) is 3.12. The van der Waals surface area contributed by atoms with Crippen LogP contribution < -0.4 is 10.6 Å². The standard InChI is InChI=1S/C16H23N3O/c20-15-17-13-16(18-15)8-4-10-19(11-5-9-16)12-14-6-2-1-3-7-14/h1-3,6-7H,4-5,8-13H2,(H2,17,18,20). The van der Waals surface area contributed by atoms with Crippen LogP contribution in [0.15, 0.2) is 30.3 Å². The molecule has 1 aromatic rings. The molecule has 3 rings (SSSR count). The highest BCUT2D eigenvalue weighted by Crippen LogP contribution is 2.25. The molecule has 0 atom stereocenters. The molecule has 0 unspecified atom stereocenters.